The fourth-order valence-electron chi connectivity index (χ4n) is 3.24. The number of aromatic nitrogens is 2. The molecule has 0 radical (unpaired) electrons. The van der Waals surface area contributed by atoms with Crippen LogP contribution >= 0.6 is 0 Å². The lowest BCUT2D eigenvalue weighted by Crippen LogP contribution is -2.56. The van der Waals surface area contributed by atoms with Crippen LogP contribution in [0.2, 0.25) is 0 Å². The molecule has 1 saturated heterocycles. The maximum atomic E-state index is 12.8. The smallest absolute Gasteiger partial charge is 0.395 e. The summed E-state index contributed by atoms with van der Waals surface area (Å²) >= 11 is 0. The van der Waals surface area contributed by atoms with Crippen LogP contribution in [0.25, 0.3) is 0 Å². The molecule has 1 aromatic heterocycles. The minimum Gasteiger partial charge on any atom is -0.395 e. The molecule has 0 bridgehead atoms. The molecule has 0 unspecified atom stereocenters. The van der Waals surface area contributed by atoms with Gasteiger partial charge in [-0.25, -0.2) is 0 Å². The summed E-state index contributed by atoms with van der Waals surface area (Å²) in [5, 5.41) is 15.0. The normalized spacial score (nSPS) is 24.9. The second kappa shape index (κ2) is 6.55. The van der Waals surface area contributed by atoms with Crippen LogP contribution in [0.3, 0.4) is 0 Å². The fourth-order valence-corrected chi connectivity index (χ4v) is 3.24. The van der Waals surface area contributed by atoms with Gasteiger partial charge in [0, 0.05) is 43.8 Å². The van der Waals surface area contributed by atoms with Gasteiger partial charge in [-0.2, -0.15) is 18.3 Å². The number of rotatable bonds is 4. The molecule has 8 heteroatoms. The van der Waals surface area contributed by atoms with Gasteiger partial charge in [-0.3, -0.25) is 14.9 Å². The average molecular weight is 320 g/mol. The number of hydrogen-bond donors (Lipinski definition) is 2. The van der Waals surface area contributed by atoms with Gasteiger partial charge in [-0.05, 0) is 20.8 Å². The molecule has 1 fully saturated rings. The van der Waals surface area contributed by atoms with E-state index in [0.717, 1.165) is 13.1 Å². The van der Waals surface area contributed by atoms with E-state index >= 15 is 0 Å². The molecule has 22 heavy (non-hydrogen) atoms. The summed E-state index contributed by atoms with van der Waals surface area (Å²) in [7, 11) is 0. The second-order valence-corrected chi connectivity index (χ2v) is 6.03. The highest BCUT2D eigenvalue weighted by Gasteiger charge is 2.37. The highest BCUT2D eigenvalue weighted by Crippen LogP contribution is 2.31. The maximum absolute atomic E-state index is 12.8. The lowest BCUT2D eigenvalue weighted by atomic mass is 10.1. The summed E-state index contributed by atoms with van der Waals surface area (Å²) in [6.07, 6.45) is -4.42. The molecular formula is C14H23F3N4O. The molecule has 0 saturated carbocycles. The quantitative estimate of drug-likeness (QED) is 0.885. The minimum absolute atomic E-state index is 0.114. The van der Waals surface area contributed by atoms with Crippen LogP contribution in [0.5, 0.6) is 0 Å². The summed E-state index contributed by atoms with van der Waals surface area (Å²) in [4.78, 5) is 4.35. The van der Waals surface area contributed by atoms with Gasteiger partial charge < -0.3 is 5.11 Å². The summed E-state index contributed by atoms with van der Waals surface area (Å²) < 4.78 is 38.3. The van der Waals surface area contributed by atoms with E-state index in [4.69, 9.17) is 5.11 Å². The summed E-state index contributed by atoms with van der Waals surface area (Å²) in [6, 6.07) is 0.502. The van der Waals surface area contributed by atoms with Crippen molar-refractivity contribution >= 4 is 0 Å². The standard InChI is InChI=1S/C14H23F3N4O/c1-9-6-20(7-10(2)21(9)4-5-22)8-12-11(3)13(19-18-12)14(15,16)17/h9-10,22H,4-8H2,1-3H3,(H,18,19)/t9-,10+. The maximum Gasteiger partial charge on any atom is 0.435 e. The number of nitrogens with one attached hydrogen (secondary N) is 1. The van der Waals surface area contributed by atoms with Crippen LogP contribution in [-0.2, 0) is 12.7 Å². The van der Waals surface area contributed by atoms with Gasteiger partial charge in [0.1, 0.15) is 0 Å². The first-order valence-electron chi connectivity index (χ1n) is 7.44. The third-order valence-electron chi connectivity index (χ3n) is 4.30. The van der Waals surface area contributed by atoms with E-state index in [-0.39, 0.29) is 24.3 Å². The van der Waals surface area contributed by atoms with Crippen LogP contribution in [0, 0.1) is 6.92 Å². The Hall–Kier alpha value is -1.12. The van der Waals surface area contributed by atoms with E-state index in [1.807, 2.05) is 0 Å². The van der Waals surface area contributed by atoms with Crippen molar-refractivity contribution in [1.82, 2.24) is 20.0 Å². The van der Waals surface area contributed by atoms with Crippen molar-refractivity contribution in [3.63, 3.8) is 0 Å². The highest BCUT2D eigenvalue weighted by molar-refractivity contribution is 5.25. The van der Waals surface area contributed by atoms with Crippen LogP contribution < -0.4 is 0 Å². The fraction of sp³-hybridized carbons (Fsp3) is 0.786. The molecule has 0 aromatic carbocycles. The molecule has 1 aromatic rings. The van der Waals surface area contributed by atoms with E-state index in [9.17, 15) is 13.2 Å². The molecule has 0 amide bonds. The molecule has 0 aliphatic carbocycles. The number of aliphatic hydroxyl groups excluding tert-OH is 1. The second-order valence-electron chi connectivity index (χ2n) is 6.03. The lowest BCUT2D eigenvalue weighted by molar-refractivity contribution is -0.141. The largest absolute Gasteiger partial charge is 0.435 e. The summed E-state index contributed by atoms with van der Waals surface area (Å²) in [5.74, 6) is 0. The molecule has 2 N–H and O–H groups in total. The number of nitrogens with zero attached hydrogens (tertiary/aromatic N) is 3. The van der Waals surface area contributed by atoms with Crippen molar-refractivity contribution in [3.05, 3.63) is 17.0 Å². The zero-order valence-corrected chi connectivity index (χ0v) is 13.1. The SMILES string of the molecule is Cc1c(C(F)(F)F)n[nH]c1CN1C[C@@H](C)N(CCO)[C@@H](C)C1. The van der Waals surface area contributed by atoms with E-state index in [1.165, 1.54) is 6.92 Å². The third-order valence-corrected chi connectivity index (χ3v) is 4.30. The third kappa shape index (κ3) is 3.61. The minimum atomic E-state index is -4.42. The van der Waals surface area contributed by atoms with E-state index in [2.05, 4.69) is 33.8 Å². The Labute approximate surface area is 128 Å². The number of aromatic amines is 1. The number of halogens is 3. The number of hydrogen-bond acceptors (Lipinski definition) is 4. The van der Waals surface area contributed by atoms with Crippen molar-refractivity contribution in [2.45, 2.75) is 45.6 Å². The molecule has 1 aliphatic heterocycles. The van der Waals surface area contributed by atoms with E-state index in [1.54, 1.807) is 0 Å². The molecule has 5 nitrogen and oxygen atoms in total. The van der Waals surface area contributed by atoms with E-state index < -0.39 is 11.9 Å². The zero-order valence-electron chi connectivity index (χ0n) is 13.1. The van der Waals surface area contributed by atoms with Crippen molar-refractivity contribution in [1.29, 1.82) is 0 Å². The van der Waals surface area contributed by atoms with Crippen LogP contribution in [0.4, 0.5) is 13.2 Å². The van der Waals surface area contributed by atoms with Crippen LogP contribution in [-0.4, -0.2) is 63.4 Å². The van der Waals surface area contributed by atoms with Crippen LogP contribution in [0.15, 0.2) is 0 Å². The Morgan fingerprint density at radius 2 is 1.86 bits per heavy atom. The number of H-pyrrole nitrogens is 1. The number of β-amino-alcohol motifs (C(OH)–C–C–N with tert-alkyl or cyclic N) is 1. The number of aliphatic hydroxyl groups is 1. The molecule has 2 rings (SSSR count). The van der Waals surface area contributed by atoms with Gasteiger partial charge in [0.25, 0.3) is 0 Å². The van der Waals surface area contributed by atoms with Gasteiger partial charge in [0.15, 0.2) is 5.69 Å². The monoisotopic (exact) mass is 320 g/mol. The topological polar surface area (TPSA) is 55.4 Å². The van der Waals surface area contributed by atoms with Gasteiger partial charge in [-0.1, -0.05) is 0 Å². The average Bonchev–Trinajstić information content (AvgIpc) is 2.75. The van der Waals surface area contributed by atoms with Gasteiger partial charge >= 0.3 is 6.18 Å². The van der Waals surface area contributed by atoms with Gasteiger partial charge in [0.2, 0.25) is 0 Å². The Bertz CT molecular complexity index is 491. The van der Waals surface area contributed by atoms with Crippen molar-refractivity contribution in [3.8, 4) is 0 Å². The van der Waals surface area contributed by atoms with Gasteiger partial charge in [0.05, 0.1) is 12.3 Å². The molecule has 2 heterocycles. The highest BCUT2D eigenvalue weighted by atomic mass is 19.4. The van der Waals surface area contributed by atoms with Crippen molar-refractivity contribution in [2.24, 2.45) is 0 Å². The predicted molar refractivity (Wildman–Crippen MR) is 76.3 cm³/mol. The Morgan fingerprint density at radius 3 is 2.32 bits per heavy atom. The first-order chi connectivity index (χ1) is 10.2. The first-order valence-corrected chi connectivity index (χ1v) is 7.44. The Balaban J connectivity index is 2.05. The molecule has 0 spiro atoms. The molecule has 2 atom stereocenters. The molecule has 126 valence electrons. The zero-order chi connectivity index (χ0) is 16.5. The number of piperazine rings is 1. The summed E-state index contributed by atoms with van der Waals surface area (Å²) in [6.45, 7) is 8.26. The molecular weight excluding hydrogens is 297 g/mol. The van der Waals surface area contributed by atoms with Gasteiger partial charge in [-0.15, -0.1) is 0 Å². The number of alkyl halides is 3. The Kier molecular flexibility index (Phi) is 5.14. The lowest BCUT2D eigenvalue weighted by Gasteiger charge is -2.44. The molecule has 1 aliphatic rings. The van der Waals surface area contributed by atoms with Crippen molar-refractivity contribution < 1.29 is 18.3 Å². The summed E-state index contributed by atoms with van der Waals surface area (Å²) in [5.41, 5.74) is -0.143. The first kappa shape index (κ1) is 17.2. The van der Waals surface area contributed by atoms with E-state index in [0.29, 0.717) is 18.8 Å². The van der Waals surface area contributed by atoms with Crippen LogP contribution in [0.1, 0.15) is 30.8 Å². The Morgan fingerprint density at radius 1 is 1.27 bits per heavy atom. The predicted octanol–water partition coefficient (Wildman–Crippen LogP) is 1.62. The van der Waals surface area contributed by atoms with Crippen molar-refractivity contribution in [2.75, 3.05) is 26.2 Å².